The molecule has 1 aromatic carbocycles. The van der Waals surface area contributed by atoms with E-state index in [4.69, 9.17) is 0 Å². The van der Waals surface area contributed by atoms with Crippen molar-refractivity contribution in [3.63, 3.8) is 0 Å². The summed E-state index contributed by atoms with van der Waals surface area (Å²) in [5.41, 5.74) is 2.60. The quantitative estimate of drug-likeness (QED) is 0.888. The fourth-order valence-corrected chi connectivity index (χ4v) is 3.33. The van der Waals surface area contributed by atoms with Crippen molar-refractivity contribution in [3.05, 3.63) is 42.2 Å². The molecule has 2 heterocycles. The van der Waals surface area contributed by atoms with Crippen LogP contribution in [0.3, 0.4) is 0 Å². The summed E-state index contributed by atoms with van der Waals surface area (Å²) < 4.78 is 0. The lowest BCUT2D eigenvalue weighted by molar-refractivity contribution is 0.0607. The van der Waals surface area contributed by atoms with Crippen LogP contribution in [0.25, 0.3) is 0 Å². The van der Waals surface area contributed by atoms with Gasteiger partial charge in [-0.3, -0.25) is 4.79 Å². The zero-order valence-corrected chi connectivity index (χ0v) is 15.8. The first kappa shape index (κ1) is 18.2. The second-order valence-electron chi connectivity index (χ2n) is 6.92. The van der Waals surface area contributed by atoms with Crippen molar-refractivity contribution in [3.8, 4) is 0 Å². The summed E-state index contributed by atoms with van der Waals surface area (Å²) in [6.07, 6.45) is 7.60. The van der Waals surface area contributed by atoms with Crippen LogP contribution in [-0.4, -0.2) is 47.5 Å². The van der Waals surface area contributed by atoms with Crippen LogP contribution in [0.1, 0.15) is 43.0 Å². The molecule has 0 spiro atoms. The Bertz CT molecular complexity index is 727. The maximum absolute atomic E-state index is 12.8. The van der Waals surface area contributed by atoms with Crippen LogP contribution in [-0.2, 0) is 0 Å². The molecule has 0 bridgehead atoms. The molecule has 26 heavy (non-hydrogen) atoms. The second kappa shape index (κ2) is 8.17. The van der Waals surface area contributed by atoms with Crippen LogP contribution < -0.4 is 10.2 Å². The van der Waals surface area contributed by atoms with E-state index >= 15 is 0 Å². The first-order valence-electron chi connectivity index (χ1n) is 9.26. The molecule has 1 atom stereocenters. The van der Waals surface area contributed by atoms with Crippen LogP contribution in [0.2, 0.25) is 0 Å². The summed E-state index contributed by atoms with van der Waals surface area (Å²) in [4.78, 5) is 25.4. The Morgan fingerprint density at radius 1 is 1.19 bits per heavy atom. The second-order valence-corrected chi connectivity index (χ2v) is 6.92. The van der Waals surface area contributed by atoms with Gasteiger partial charge < -0.3 is 15.1 Å². The lowest BCUT2D eigenvalue weighted by atomic mass is 9.99. The van der Waals surface area contributed by atoms with Crippen molar-refractivity contribution >= 4 is 23.2 Å². The van der Waals surface area contributed by atoms with Gasteiger partial charge in [0, 0.05) is 50.5 Å². The molecule has 1 unspecified atom stereocenters. The fourth-order valence-electron chi connectivity index (χ4n) is 3.33. The average Bonchev–Trinajstić information content (AvgIpc) is 2.68. The molecular weight excluding hydrogens is 326 g/mol. The predicted molar refractivity (Wildman–Crippen MR) is 105 cm³/mol. The molecule has 138 valence electrons. The number of rotatable bonds is 5. The van der Waals surface area contributed by atoms with Gasteiger partial charge in [-0.05, 0) is 49.9 Å². The van der Waals surface area contributed by atoms with E-state index in [0.717, 1.165) is 37.2 Å². The molecule has 6 heteroatoms. The molecule has 1 aliphatic rings. The maximum Gasteiger partial charge on any atom is 0.257 e. The molecule has 1 aromatic heterocycles. The van der Waals surface area contributed by atoms with Crippen LogP contribution in [0.15, 0.2) is 36.7 Å². The summed E-state index contributed by atoms with van der Waals surface area (Å²) in [6.45, 7) is 2.97. The van der Waals surface area contributed by atoms with Gasteiger partial charge in [-0.1, -0.05) is 6.92 Å². The van der Waals surface area contributed by atoms with Crippen molar-refractivity contribution < 1.29 is 4.79 Å². The number of benzene rings is 1. The zero-order valence-electron chi connectivity index (χ0n) is 15.8. The number of nitrogens with zero attached hydrogens (tertiary/aromatic N) is 4. The van der Waals surface area contributed by atoms with Gasteiger partial charge in [-0.2, -0.15) is 0 Å². The number of piperidine rings is 1. The SMILES string of the molecule is CCC1CCCCN1C(=O)c1cnc(Nc2ccc(N(C)C)cc2)nc1. The number of carbonyl (C=O) groups excluding carboxylic acids is 1. The third-order valence-electron chi connectivity index (χ3n) is 4.90. The number of hydrogen-bond acceptors (Lipinski definition) is 5. The first-order chi connectivity index (χ1) is 12.6. The maximum atomic E-state index is 12.8. The van der Waals surface area contributed by atoms with Crippen LogP contribution in [0.4, 0.5) is 17.3 Å². The summed E-state index contributed by atoms with van der Waals surface area (Å²) in [7, 11) is 4.01. The highest BCUT2D eigenvalue weighted by atomic mass is 16.2. The molecular formula is C20H27N5O. The van der Waals surface area contributed by atoms with Gasteiger partial charge in [-0.25, -0.2) is 9.97 Å². The molecule has 0 radical (unpaired) electrons. The summed E-state index contributed by atoms with van der Waals surface area (Å²) >= 11 is 0. The van der Waals surface area contributed by atoms with Crippen LogP contribution >= 0.6 is 0 Å². The lowest BCUT2D eigenvalue weighted by Crippen LogP contribution is -2.43. The van der Waals surface area contributed by atoms with Crippen molar-refractivity contribution in [2.45, 2.75) is 38.6 Å². The summed E-state index contributed by atoms with van der Waals surface area (Å²) in [5, 5.41) is 3.17. The minimum atomic E-state index is 0.0402. The minimum absolute atomic E-state index is 0.0402. The van der Waals surface area contributed by atoms with Gasteiger partial charge in [0.1, 0.15) is 0 Å². The summed E-state index contributed by atoms with van der Waals surface area (Å²) in [6, 6.07) is 8.36. The van der Waals surface area contributed by atoms with Crippen LogP contribution in [0, 0.1) is 0 Å². The highest BCUT2D eigenvalue weighted by Crippen LogP contribution is 2.22. The molecule has 1 saturated heterocycles. The van der Waals surface area contributed by atoms with E-state index < -0.39 is 0 Å². The number of likely N-dealkylation sites (tertiary alicyclic amines) is 1. The molecule has 1 amide bonds. The fraction of sp³-hybridized carbons (Fsp3) is 0.450. The van der Waals surface area contributed by atoms with E-state index in [1.54, 1.807) is 12.4 Å². The molecule has 0 saturated carbocycles. The lowest BCUT2D eigenvalue weighted by Gasteiger charge is -2.35. The van der Waals surface area contributed by atoms with Crippen molar-refractivity contribution in [2.24, 2.45) is 0 Å². The van der Waals surface area contributed by atoms with E-state index in [0.29, 0.717) is 17.6 Å². The van der Waals surface area contributed by atoms with Gasteiger partial charge in [-0.15, -0.1) is 0 Å². The normalized spacial score (nSPS) is 17.0. The molecule has 1 N–H and O–H groups in total. The Morgan fingerprint density at radius 2 is 1.88 bits per heavy atom. The molecule has 3 rings (SSSR count). The molecule has 6 nitrogen and oxygen atoms in total. The minimum Gasteiger partial charge on any atom is -0.378 e. The smallest absolute Gasteiger partial charge is 0.257 e. The highest BCUT2D eigenvalue weighted by Gasteiger charge is 2.26. The number of anilines is 3. The van der Waals surface area contributed by atoms with E-state index in [1.807, 2.05) is 48.2 Å². The average molecular weight is 353 g/mol. The first-order valence-corrected chi connectivity index (χ1v) is 9.26. The number of aromatic nitrogens is 2. The van der Waals surface area contributed by atoms with Gasteiger partial charge in [0.05, 0.1) is 5.56 Å². The Hall–Kier alpha value is -2.63. The molecule has 1 aliphatic heterocycles. The number of hydrogen-bond donors (Lipinski definition) is 1. The van der Waals surface area contributed by atoms with Gasteiger partial charge in [0.25, 0.3) is 5.91 Å². The Kier molecular flexibility index (Phi) is 5.71. The Labute approximate surface area is 155 Å². The van der Waals surface area contributed by atoms with E-state index in [9.17, 15) is 4.79 Å². The topological polar surface area (TPSA) is 61.4 Å². The third kappa shape index (κ3) is 4.12. The van der Waals surface area contributed by atoms with Gasteiger partial charge in [0.15, 0.2) is 0 Å². The third-order valence-corrected chi connectivity index (χ3v) is 4.90. The number of amides is 1. The molecule has 2 aromatic rings. The Morgan fingerprint density at radius 3 is 2.50 bits per heavy atom. The van der Waals surface area contributed by atoms with Crippen molar-refractivity contribution in [1.29, 1.82) is 0 Å². The predicted octanol–water partition coefficient (Wildman–Crippen LogP) is 3.69. The van der Waals surface area contributed by atoms with E-state index in [1.165, 1.54) is 6.42 Å². The van der Waals surface area contributed by atoms with Gasteiger partial charge in [0.2, 0.25) is 5.95 Å². The number of carbonyl (C=O) groups is 1. The molecule has 0 aliphatic carbocycles. The summed E-state index contributed by atoms with van der Waals surface area (Å²) in [5.74, 6) is 0.531. The molecule has 1 fully saturated rings. The van der Waals surface area contributed by atoms with E-state index in [-0.39, 0.29) is 5.91 Å². The van der Waals surface area contributed by atoms with E-state index in [2.05, 4.69) is 22.2 Å². The zero-order chi connectivity index (χ0) is 18.5. The standard InChI is InChI=1S/C20H27N5O/c1-4-17-7-5-6-12-25(17)19(26)15-13-21-20(22-14-15)23-16-8-10-18(11-9-16)24(2)3/h8-11,13-14,17H,4-7,12H2,1-3H3,(H,21,22,23). The highest BCUT2D eigenvalue weighted by molar-refractivity contribution is 5.94. The largest absolute Gasteiger partial charge is 0.378 e. The van der Waals surface area contributed by atoms with Crippen molar-refractivity contribution in [1.82, 2.24) is 14.9 Å². The van der Waals surface area contributed by atoms with Crippen LogP contribution in [0.5, 0.6) is 0 Å². The van der Waals surface area contributed by atoms with Gasteiger partial charge >= 0.3 is 0 Å². The Balaban J connectivity index is 1.67. The monoisotopic (exact) mass is 353 g/mol. The van der Waals surface area contributed by atoms with Crippen molar-refractivity contribution in [2.75, 3.05) is 30.9 Å². The number of nitrogens with one attached hydrogen (secondary N) is 1.